The molecule has 0 bridgehead atoms. The van der Waals surface area contributed by atoms with Crippen LogP contribution in [0.3, 0.4) is 0 Å². The molecule has 0 spiro atoms. The van der Waals surface area contributed by atoms with Gasteiger partial charge in [0.05, 0.1) is 0 Å². The number of rotatable bonds is 4. The number of aryl methyl sites for hydroxylation is 1. The lowest BCUT2D eigenvalue weighted by molar-refractivity contribution is 0.581. The summed E-state index contributed by atoms with van der Waals surface area (Å²) >= 11 is 1.55. The minimum Gasteiger partial charge on any atom is -0.384 e. The Morgan fingerprint density at radius 2 is 2.17 bits per heavy atom. The molecule has 7 heteroatoms. The third kappa shape index (κ3) is 2.87. The van der Waals surface area contributed by atoms with E-state index in [2.05, 4.69) is 9.71 Å². The minimum atomic E-state index is -3.53. The summed E-state index contributed by atoms with van der Waals surface area (Å²) in [4.78, 5) is 3.88. The monoisotopic (exact) mass is 283 g/mol. The van der Waals surface area contributed by atoms with Crippen LogP contribution in [0.15, 0.2) is 34.0 Å². The summed E-state index contributed by atoms with van der Waals surface area (Å²) in [6.45, 7) is 2.23. The van der Waals surface area contributed by atoms with Gasteiger partial charge in [-0.3, -0.25) is 0 Å². The summed E-state index contributed by atoms with van der Waals surface area (Å²) in [5.74, 6) is 0.294. The lowest BCUT2D eigenvalue weighted by Gasteiger charge is -2.06. The van der Waals surface area contributed by atoms with Crippen LogP contribution in [0.5, 0.6) is 0 Å². The SMILES string of the molecule is Cc1cscc1CNS(=O)(=O)c1ccc(N)nc1. The van der Waals surface area contributed by atoms with E-state index in [-0.39, 0.29) is 11.4 Å². The van der Waals surface area contributed by atoms with Crippen molar-refractivity contribution >= 4 is 27.2 Å². The molecule has 0 aliphatic heterocycles. The van der Waals surface area contributed by atoms with E-state index in [0.29, 0.717) is 5.82 Å². The van der Waals surface area contributed by atoms with Gasteiger partial charge >= 0.3 is 0 Å². The van der Waals surface area contributed by atoms with Gasteiger partial charge in [-0.2, -0.15) is 11.3 Å². The van der Waals surface area contributed by atoms with Gasteiger partial charge in [-0.15, -0.1) is 0 Å². The zero-order valence-electron chi connectivity index (χ0n) is 9.75. The Hall–Kier alpha value is -1.44. The largest absolute Gasteiger partial charge is 0.384 e. The van der Waals surface area contributed by atoms with Crippen LogP contribution in [0.25, 0.3) is 0 Å². The van der Waals surface area contributed by atoms with Gasteiger partial charge in [0.1, 0.15) is 10.7 Å². The predicted octanol–water partition coefficient (Wildman–Crippen LogP) is 1.51. The second-order valence-electron chi connectivity index (χ2n) is 3.82. The smallest absolute Gasteiger partial charge is 0.242 e. The molecular formula is C11H13N3O2S2. The Morgan fingerprint density at radius 1 is 1.39 bits per heavy atom. The summed E-state index contributed by atoms with van der Waals surface area (Å²) in [5, 5.41) is 3.91. The van der Waals surface area contributed by atoms with Gasteiger partial charge in [-0.05, 0) is 40.9 Å². The molecule has 0 unspecified atom stereocenters. The average Bonchev–Trinajstić information content (AvgIpc) is 2.73. The van der Waals surface area contributed by atoms with Crippen molar-refractivity contribution in [3.8, 4) is 0 Å². The molecule has 3 N–H and O–H groups in total. The van der Waals surface area contributed by atoms with Crippen molar-refractivity contribution in [2.75, 3.05) is 5.73 Å². The van der Waals surface area contributed by atoms with Gasteiger partial charge < -0.3 is 5.73 Å². The quantitative estimate of drug-likeness (QED) is 0.890. The van der Waals surface area contributed by atoms with Gasteiger partial charge in [0.15, 0.2) is 0 Å². The Balaban J connectivity index is 2.13. The van der Waals surface area contributed by atoms with Crippen molar-refractivity contribution in [1.82, 2.24) is 9.71 Å². The number of sulfonamides is 1. The molecule has 0 radical (unpaired) electrons. The Morgan fingerprint density at radius 3 is 2.72 bits per heavy atom. The molecule has 0 aliphatic rings. The lowest BCUT2D eigenvalue weighted by Crippen LogP contribution is -2.23. The summed E-state index contributed by atoms with van der Waals surface area (Å²) < 4.78 is 26.5. The maximum Gasteiger partial charge on any atom is 0.242 e. The zero-order valence-corrected chi connectivity index (χ0v) is 11.4. The molecule has 0 saturated heterocycles. The molecule has 0 amide bonds. The molecule has 0 saturated carbocycles. The third-order valence-corrected chi connectivity index (χ3v) is 4.78. The zero-order chi connectivity index (χ0) is 13.2. The molecular weight excluding hydrogens is 270 g/mol. The van der Waals surface area contributed by atoms with E-state index in [9.17, 15) is 8.42 Å². The van der Waals surface area contributed by atoms with Crippen molar-refractivity contribution in [1.29, 1.82) is 0 Å². The molecule has 0 aliphatic carbocycles. The highest BCUT2D eigenvalue weighted by molar-refractivity contribution is 7.89. The van der Waals surface area contributed by atoms with Gasteiger partial charge in [-0.1, -0.05) is 0 Å². The van der Waals surface area contributed by atoms with Crippen molar-refractivity contribution < 1.29 is 8.42 Å². The Kier molecular flexibility index (Phi) is 3.65. The number of aromatic nitrogens is 1. The van der Waals surface area contributed by atoms with Crippen LogP contribution in [0.4, 0.5) is 5.82 Å². The molecule has 2 rings (SSSR count). The Bertz CT molecular complexity index is 633. The van der Waals surface area contributed by atoms with Crippen molar-refractivity contribution in [2.24, 2.45) is 0 Å². The predicted molar refractivity (Wildman–Crippen MR) is 71.7 cm³/mol. The van der Waals surface area contributed by atoms with E-state index < -0.39 is 10.0 Å². The second kappa shape index (κ2) is 5.05. The topological polar surface area (TPSA) is 85.1 Å². The Labute approximate surface area is 110 Å². The minimum absolute atomic E-state index is 0.115. The third-order valence-electron chi connectivity index (χ3n) is 2.48. The van der Waals surface area contributed by atoms with Crippen molar-refractivity contribution in [2.45, 2.75) is 18.4 Å². The first kappa shape index (κ1) is 13.0. The maximum atomic E-state index is 12.0. The van der Waals surface area contributed by atoms with Gasteiger partial charge in [-0.25, -0.2) is 18.1 Å². The standard InChI is InChI=1S/C11H13N3O2S2/c1-8-6-17-7-9(8)4-14-18(15,16)10-2-3-11(12)13-5-10/h2-3,5-7,14H,4H2,1H3,(H2,12,13). The van der Waals surface area contributed by atoms with Crippen LogP contribution >= 0.6 is 11.3 Å². The van der Waals surface area contributed by atoms with Crippen LogP contribution < -0.4 is 10.5 Å². The molecule has 0 aromatic carbocycles. The number of hydrogen-bond acceptors (Lipinski definition) is 5. The normalized spacial score (nSPS) is 11.6. The number of thiophene rings is 1. The molecule has 5 nitrogen and oxygen atoms in total. The fourth-order valence-corrected chi connectivity index (χ4v) is 3.18. The highest BCUT2D eigenvalue weighted by Crippen LogP contribution is 2.15. The maximum absolute atomic E-state index is 12.0. The van der Waals surface area contributed by atoms with Gasteiger partial charge in [0, 0.05) is 12.7 Å². The molecule has 0 fully saturated rings. The molecule has 18 heavy (non-hydrogen) atoms. The average molecular weight is 283 g/mol. The van der Waals surface area contributed by atoms with E-state index in [1.165, 1.54) is 18.3 Å². The van der Waals surface area contributed by atoms with Crippen LogP contribution in [-0.2, 0) is 16.6 Å². The summed E-state index contributed by atoms with van der Waals surface area (Å²) in [7, 11) is -3.53. The molecule has 2 aromatic heterocycles. The van der Waals surface area contributed by atoms with E-state index in [4.69, 9.17) is 5.73 Å². The number of hydrogen-bond donors (Lipinski definition) is 2. The van der Waals surface area contributed by atoms with Crippen molar-refractivity contribution in [3.63, 3.8) is 0 Å². The highest BCUT2D eigenvalue weighted by Gasteiger charge is 2.14. The van der Waals surface area contributed by atoms with E-state index in [0.717, 1.165) is 11.1 Å². The molecule has 2 aromatic rings. The van der Waals surface area contributed by atoms with Crippen LogP contribution in [0, 0.1) is 6.92 Å². The van der Waals surface area contributed by atoms with E-state index in [1.54, 1.807) is 11.3 Å². The van der Waals surface area contributed by atoms with Crippen LogP contribution in [0.1, 0.15) is 11.1 Å². The number of nitrogen functional groups attached to an aromatic ring is 1. The lowest BCUT2D eigenvalue weighted by atomic mass is 10.2. The van der Waals surface area contributed by atoms with Gasteiger partial charge in [0.25, 0.3) is 0 Å². The number of nitrogens with two attached hydrogens (primary N) is 1. The van der Waals surface area contributed by atoms with Crippen molar-refractivity contribution in [3.05, 3.63) is 40.2 Å². The fourth-order valence-electron chi connectivity index (χ4n) is 1.37. The van der Waals surface area contributed by atoms with Crippen LogP contribution in [-0.4, -0.2) is 13.4 Å². The highest BCUT2D eigenvalue weighted by atomic mass is 32.2. The van der Waals surface area contributed by atoms with E-state index in [1.807, 2.05) is 17.7 Å². The number of nitrogens with one attached hydrogen (secondary N) is 1. The number of pyridine rings is 1. The van der Waals surface area contributed by atoms with E-state index >= 15 is 0 Å². The summed E-state index contributed by atoms with van der Waals surface area (Å²) in [6, 6.07) is 2.90. The molecule has 0 atom stereocenters. The van der Waals surface area contributed by atoms with Crippen LogP contribution in [0.2, 0.25) is 0 Å². The number of anilines is 1. The van der Waals surface area contributed by atoms with Gasteiger partial charge in [0.2, 0.25) is 10.0 Å². The summed E-state index contributed by atoms with van der Waals surface area (Å²) in [5.41, 5.74) is 7.48. The molecule has 96 valence electrons. The first-order chi connectivity index (χ1) is 8.49. The summed E-state index contributed by atoms with van der Waals surface area (Å²) in [6.07, 6.45) is 1.25. The number of nitrogens with zero attached hydrogens (tertiary/aromatic N) is 1. The fraction of sp³-hybridized carbons (Fsp3) is 0.182. The first-order valence-electron chi connectivity index (χ1n) is 5.22. The first-order valence-corrected chi connectivity index (χ1v) is 7.64. The molecule has 2 heterocycles. The second-order valence-corrected chi connectivity index (χ2v) is 6.33.